The Balaban J connectivity index is 1.59. The van der Waals surface area contributed by atoms with Crippen LogP contribution in [0, 0.1) is 5.92 Å². The zero-order valence-electron chi connectivity index (χ0n) is 15.1. The van der Waals surface area contributed by atoms with E-state index in [1.165, 1.54) is 23.8 Å². The lowest BCUT2D eigenvalue weighted by molar-refractivity contribution is -0.114. The molecule has 1 atom stereocenters. The molecule has 1 aliphatic heterocycles. The van der Waals surface area contributed by atoms with Crippen LogP contribution in [0.4, 0.5) is 5.13 Å². The van der Waals surface area contributed by atoms with E-state index in [-0.39, 0.29) is 5.91 Å². The predicted molar refractivity (Wildman–Crippen MR) is 100 cm³/mol. The highest BCUT2D eigenvalue weighted by Gasteiger charge is 2.20. The van der Waals surface area contributed by atoms with Crippen molar-refractivity contribution < 1.29 is 14.3 Å². The van der Waals surface area contributed by atoms with Crippen molar-refractivity contribution in [2.24, 2.45) is 5.92 Å². The molecule has 3 heterocycles. The quantitative estimate of drug-likeness (QED) is 0.833. The second kappa shape index (κ2) is 9.07. The van der Waals surface area contributed by atoms with E-state index in [0.29, 0.717) is 16.9 Å². The molecular weight excluding hydrogens is 352 g/mol. The molecule has 140 valence electrons. The first-order valence-electron chi connectivity index (χ1n) is 8.63. The molecular formula is C18H24N4O3S. The molecule has 2 aromatic heterocycles. The van der Waals surface area contributed by atoms with Crippen LogP contribution in [0.15, 0.2) is 24.5 Å². The Bertz CT molecular complexity index is 737. The number of thiazole rings is 1. The number of amides is 1. The van der Waals surface area contributed by atoms with Crippen LogP contribution in [0.2, 0.25) is 0 Å². The number of anilines is 1. The maximum atomic E-state index is 11.1. The van der Waals surface area contributed by atoms with Gasteiger partial charge in [0, 0.05) is 49.9 Å². The number of nitrogens with zero attached hydrogens (tertiary/aromatic N) is 3. The Morgan fingerprint density at radius 2 is 2.38 bits per heavy atom. The normalized spacial score (nSPS) is 18.3. The Morgan fingerprint density at radius 1 is 1.50 bits per heavy atom. The number of hydrogen-bond donors (Lipinski definition) is 1. The number of ether oxygens (including phenoxy) is 2. The standard InChI is InChI=1S/C18H24N4O3S/c1-13(23)21-18-20-9-16(26-18)11-22-5-6-25-12-15(10-22)7-14-3-4-19-17(8-14)24-2/h3-4,8-9,15H,5-7,10-12H2,1-2H3,(H,20,21,23)/t15-/m1/s1. The summed E-state index contributed by atoms with van der Waals surface area (Å²) in [6.07, 6.45) is 4.55. The Hall–Kier alpha value is -2.03. The molecule has 0 saturated carbocycles. The van der Waals surface area contributed by atoms with Gasteiger partial charge >= 0.3 is 0 Å². The van der Waals surface area contributed by atoms with Crippen molar-refractivity contribution in [3.05, 3.63) is 35.0 Å². The van der Waals surface area contributed by atoms with Crippen LogP contribution >= 0.6 is 11.3 Å². The minimum Gasteiger partial charge on any atom is -0.481 e. The number of pyridine rings is 1. The van der Waals surface area contributed by atoms with Crippen LogP contribution in [0.5, 0.6) is 5.88 Å². The maximum Gasteiger partial charge on any atom is 0.223 e. The van der Waals surface area contributed by atoms with Crippen molar-refractivity contribution in [1.29, 1.82) is 0 Å². The molecule has 7 nitrogen and oxygen atoms in total. The lowest BCUT2D eigenvalue weighted by Gasteiger charge is -2.22. The maximum absolute atomic E-state index is 11.1. The molecule has 3 rings (SSSR count). The molecule has 8 heteroatoms. The second-order valence-electron chi connectivity index (χ2n) is 6.40. The highest BCUT2D eigenvalue weighted by atomic mass is 32.1. The van der Waals surface area contributed by atoms with E-state index < -0.39 is 0 Å². The zero-order valence-corrected chi connectivity index (χ0v) is 15.9. The summed E-state index contributed by atoms with van der Waals surface area (Å²) in [7, 11) is 1.63. The SMILES string of the molecule is COc1cc(C[C@H]2COCCN(Cc3cnc(NC(C)=O)s3)C2)ccn1. The number of hydrogen-bond acceptors (Lipinski definition) is 7. The number of carbonyl (C=O) groups is 1. The topological polar surface area (TPSA) is 76.6 Å². The van der Waals surface area contributed by atoms with Crippen molar-refractivity contribution in [2.75, 3.05) is 38.7 Å². The minimum absolute atomic E-state index is 0.0954. The highest BCUT2D eigenvalue weighted by Crippen LogP contribution is 2.22. The van der Waals surface area contributed by atoms with Gasteiger partial charge in [-0.15, -0.1) is 11.3 Å². The van der Waals surface area contributed by atoms with Crippen molar-refractivity contribution in [3.63, 3.8) is 0 Å². The van der Waals surface area contributed by atoms with Crippen molar-refractivity contribution in [2.45, 2.75) is 19.9 Å². The molecule has 1 amide bonds. The summed E-state index contributed by atoms with van der Waals surface area (Å²) in [5, 5.41) is 3.39. The second-order valence-corrected chi connectivity index (χ2v) is 7.51. The average molecular weight is 376 g/mol. The number of methoxy groups -OCH3 is 1. The molecule has 2 aromatic rings. The van der Waals surface area contributed by atoms with Gasteiger partial charge in [-0.2, -0.15) is 0 Å². The molecule has 0 bridgehead atoms. The molecule has 1 fully saturated rings. The fraction of sp³-hybridized carbons (Fsp3) is 0.500. The summed E-state index contributed by atoms with van der Waals surface area (Å²) >= 11 is 1.52. The fourth-order valence-electron chi connectivity index (χ4n) is 3.05. The molecule has 0 radical (unpaired) electrons. The fourth-order valence-corrected chi connectivity index (χ4v) is 3.95. The summed E-state index contributed by atoms with van der Waals surface area (Å²) < 4.78 is 11.0. The predicted octanol–water partition coefficient (Wildman–Crippen LogP) is 2.20. The van der Waals surface area contributed by atoms with E-state index in [0.717, 1.165) is 44.1 Å². The van der Waals surface area contributed by atoms with Gasteiger partial charge in [-0.25, -0.2) is 9.97 Å². The van der Waals surface area contributed by atoms with Gasteiger partial charge < -0.3 is 14.8 Å². The number of rotatable bonds is 6. The smallest absolute Gasteiger partial charge is 0.223 e. The summed E-state index contributed by atoms with van der Waals surface area (Å²) in [5.41, 5.74) is 1.21. The molecule has 1 N–H and O–H groups in total. The summed E-state index contributed by atoms with van der Waals surface area (Å²) in [5.74, 6) is 0.957. The van der Waals surface area contributed by atoms with Gasteiger partial charge in [0.15, 0.2) is 5.13 Å². The van der Waals surface area contributed by atoms with Crippen molar-refractivity contribution in [3.8, 4) is 5.88 Å². The first-order chi connectivity index (χ1) is 12.6. The van der Waals surface area contributed by atoms with E-state index in [1.54, 1.807) is 13.3 Å². The van der Waals surface area contributed by atoms with Gasteiger partial charge in [0.25, 0.3) is 0 Å². The Kier molecular flexibility index (Phi) is 6.54. The van der Waals surface area contributed by atoms with E-state index in [2.05, 4.69) is 20.2 Å². The average Bonchev–Trinajstić information content (AvgIpc) is 2.92. The monoisotopic (exact) mass is 376 g/mol. The van der Waals surface area contributed by atoms with Gasteiger partial charge in [0.1, 0.15) is 0 Å². The van der Waals surface area contributed by atoms with Gasteiger partial charge in [0.2, 0.25) is 11.8 Å². The zero-order chi connectivity index (χ0) is 18.4. The van der Waals surface area contributed by atoms with Crippen LogP contribution < -0.4 is 10.1 Å². The highest BCUT2D eigenvalue weighted by molar-refractivity contribution is 7.15. The van der Waals surface area contributed by atoms with Crippen LogP contribution in [-0.4, -0.2) is 54.2 Å². The first-order valence-corrected chi connectivity index (χ1v) is 9.45. The van der Waals surface area contributed by atoms with Crippen LogP contribution in [0.3, 0.4) is 0 Å². The minimum atomic E-state index is -0.0954. The number of carbonyl (C=O) groups excluding carboxylic acids is 1. The van der Waals surface area contributed by atoms with E-state index in [4.69, 9.17) is 9.47 Å². The molecule has 0 aliphatic carbocycles. The Labute approximate surface area is 157 Å². The van der Waals surface area contributed by atoms with E-state index in [9.17, 15) is 4.79 Å². The number of nitrogens with one attached hydrogen (secondary N) is 1. The molecule has 0 unspecified atom stereocenters. The van der Waals surface area contributed by atoms with Gasteiger partial charge in [-0.3, -0.25) is 9.69 Å². The van der Waals surface area contributed by atoms with Crippen LogP contribution in [-0.2, 0) is 22.5 Å². The molecule has 0 spiro atoms. The number of aromatic nitrogens is 2. The third-order valence-corrected chi connectivity index (χ3v) is 5.07. The van der Waals surface area contributed by atoms with Gasteiger partial charge in [-0.05, 0) is 24.0 Å². The van der Waals surface area contributed by atoms with Crippen LogP contribution in [0.25, 0.3) is 0 Å². The van der Waals surface area contributed by atoms with Gasteiger partial charge in [0.05, 0.1) is 20.3 Å². The Morgan fingerprint density at radius 3 is 3.19 bits per heavy atom. The molecule has 1 saturated heterocycles. The largest absolute Gasteiger partial charge is 0.481 e. The first kappa shape index (κ1) is 18.8. The summed E-state index contributed by atoms with van der Waals surface area (Å²) in [6.45, 7) is 5.64. The van der Waals surface area contributed by atoms with Crippen molar-refractivity contribution in [1.82, 2.24) is 14.9 Å². The van der Waals surface area contributed by atoms with Gasteiger partial charge in [-0.1, -0.05) is 0 Å². The van der Waals surface area contributed by atoms with Crippen LogP contribution in [0.1, 0.15) is 17.4 Å². The molecule has 0 aromatic carbocycles. The van der Waals surface area contributed by atoms with Crippen molar-refractivity contribution >= 4 is 22.4 Å². The third-order valence-electron chi connectivity index (χ3n) is 4.17. The lowest BCUT2D eigenvalue weighted by atomic mass is 10.0. The summed E-state index contributed by atoms with van der Waals surface area (Å²) in [4.78, 5) is 23.1. The lowest BCUT2D eigenvalue weighted by Crippen LogP contribution is -2.30. The third kappa shape index (κ3) is 5.48. The summed E-state index contributed by atoms with van der Waals surface area (Å²) in [6, 6.07) is 4.01. The van der Waals surface area contributed by atoms with E-state index in [1.807, 2.05) is 18.3 Å². The van der Waals surface area contributed by atoms with E-state index >= 15 is 0 Å². The molecule has 1 aliphatic rings. The molecule has 26 heavy (non-hydrogen) atoms.